The molecule has 0 aliphatic carbocycles. The smallest absolute Gasteiger partial charge is 0.251 e. The molecule has 1 N–H and O–H groups in total. The lowest BCUT2D eigenvalue weighted by molar-refractivity contribution is 0.0954. The van der Waals surface area contributed by atoms with Crippen LogP contribution in [0.3, 0.4) is 0 Å². The molecule has 2 aromatic carbocycles. The van der Waals surface area contributed by atoms with Gasteiger partial charge < -0.3 is 5.32 Å². The molecule has 0 unspecified atom stereocenters. The van der Waals surface area contributed by atoms with Crippen LogP contribution in [0.5, 0.6) is 0 Å². The zero-order valence-corrected chi connectivity index (χ0v) is 14.9. The van der Waals surface area contributed by atoms with Gasteiger partial charge in [-0.2, -0.15) is 5.10 Å². The second kappa shape index (κ2) is 7.34. The van der Waals surface area contributed by atoms with E-state index in [1.54, 1.807) is 0 Å². The van der Waals surface area contributed by atoms with E-state index in [0.29, 0.717) is 12.1 Å². The number of aromatic nitrogens is 2. The van der Waals surface area contributed by atoms with Gasteiger partial charge in [-0.05, 0) is 63.1 Å². The summed E-state index contributed by atoms with van der Waals surface area (Å²) in [7, 11) is 0. The SMILES string of the molecule is Cc1ccc(CCNC(=O)c2ccc(-n3nc(C)cc3C)cc2)cc1. The number of hydrogen-bond acceptors (Lipinski definition) is 2. The number of amides is 1. The Morgan fingerprint density at radius 2 is 1.68 bits per heavy atom. The Balaban J connectivity index is 1.59. The van der Waals surface area contributed by atoms with Crippen LogP contribution in [0.1, 0.15) is 32.9 Å². The molecule has 0 radical (unpaired) electrons. The topological polar surface area (TPSA) is 46.9 Å². The highest BCUT2D eigenvalue weighted by Gasteiger charge is 2.07. The van der Waals surface area contributed by atoms with E-state index in [1.165, 1.54) is 11.1 Å². The van der Waals surface area contributed by atoms with Crippen LogP contribution in [0.15, 0.2) is 54.6 Å². The van der Waals surface area contributed by atoms with E-state index in [1.807, 2.05) is 48.9 Å². The van der Waals surface area contributed by atoms with Gasteiger partial charge in [-0.15, -0.1) is 0 Å². The van der Waals surface area contributed by atoms with Gasteiger partial charge >= 0.3 is 0 Å². The van der Waals surface area contributed by atoms with Crippen molar-refractivity contribution in [3.8, 4) is 5.69 Å². The van der Waals surface area contributed by atoms with Crippen molar-refractivity contribution in [2.45, 2.75) is 27.2 Å². The monoisotopic (exact) mass is 333 g/mol. The second-order valence-corrected chi connectivity index (χ2v) is 6.38. The zero-order valence-electron chi connectivity index (χ0n) is 14.9. The van der Waals surface area contributed by atoms with Gasteiger partial charge in [0.25, 0.3) is 5.91 Å². The van der Waals surface area contributed by atoms with Gasteiger partial charge in [-0.25, -0.2) is 4.68 Å². The highest BCUT2D eigenvalue weighted by molar-refractivity contribution is 5.94. The first-order valence-electron chi connectivity index (χ1n) is 8.50. The Hall–Kier alpha value is -2.88. The maximum Gasteiger partial charge on any atom is 0.251 e. The molecule has 25 heavy (non-hydrogen) atoms. The molecule has 1 aromatic heterocycles. The molecule has 128 valence electrons. The molecule has 0 saturated carbocycles. The van der Waals surface area contributed by atoms with Crippen molar-refractivity contribution in [2.75, 3.05) is 6.54 Å². The predicted molar refractivity (Wildman–Crippen MR) is 100 cm³/mol. The third-order valence-electron chi connectivity index (χ3n) is 4.20. The maximum atomic E-state index is 12.3. The molecule has 0 fully saturated rings. The summed E-state index contributed by atoms with van der Waals surface area (Å²) in [4.78, 5) is 12.3. The van der Waals surface area contributed by atoms with Crippen LogP contribution < -0.4 is 5.32 Å². The quantitative estimate of drug-likeness (QED) is 0.772. The zero-order chi connectivity index (χ0) is 17.8. The molecule has 0 atom stereocenters. The van der Waals surface area contributed by atoms with E-state index in [4.69, 9.17) is 0 Å². The van der Waals surface area contributed by atoms with Crippen molar-refractivity contribution in [2.24, 2.45) is 0 Å². The van der Waals surface area contributed by atoms with E-state index in [-0.39, 0.29) is 5.91 Å². The summed E-state index contributed by atoms with van der Waals surface area (Å²) in [5.74, 6) is -0.0490. The van der Waals surface area contributed by atoms with Crippen LogP contribution in [-0.4, -0.2) is 22.2 Å². The minimum atomic E-state index is -0.0490. The summed E-state index contributed by atoms with van der Waals surface area (Å²) in [6.45, 7) is 6.69. The molecule has 3 aromatic rings. The molecule has 3 rings (SSSR count). The molecule has 4 heteroatoms. The van der Waals surface area contributed by atoms with E-state index < -0.39 is 0 Å². The molecule has 1 amide bonds. The Morgan fingerprint density at radius 1 is 1.00 bits per heavy atom. The first-order chi connectivity index (χ1) is 12.0. The first-order valence-corrected chi connectivity index (χ1v) is 8.50. The number of carbonyl (C=O) groups is 1. The summed E-state index contributed by atoms with van der Waals surface area (Å²) < 4.78 is 1.88. The largest absolute Gasteiger partial charge is 0.352 e. The summed E-state index contributed by atoms with van der Waals surface area (Å²) in [6.07, 6.45) is 0.829. The standard InChI is InChI=1S/C21H23N3O/c1-15-4-6-18(7-5-15)12-13-22-21(25)19-8-10-20(11-9-19)24-17(3)14-16(2)23-24/h4-11,14H,12-13H2,1-3H3,(H,22,25). The fourth-order valence-electron chi connectivity index (χ4n) is 2.82. The molecular weight excluding hydrogens is 310 g/mol. The number of hydrogen-bond donors (Lipinski definition) is 1. The summed E-state index contributed by atoms with van der Waals surface area (Å²) in [5, 5.41) is 7.44. The minimum absolute atomic E-state index is 0.0490. The van der Waals surface area contributed by atoms with Gasteiger partial charge in [-0.3, -0.25) is 4.79 Å². The van der Waals surface area contributed by atoms with Crippen molar-refractivity contribution < 1.29 is 4.79 Å². The van der Waals surface area contributed by atoms with Crippen LogP contribution in [0.25, 0.3) is 5.69 Å². The summed E-state index contributed by atoms with van der Waals surface area (Å²) in [6, 6.07) is 18.0. The summed E-state index contributed by atoms with van der Waals surface area (Å²) in [5.41, 5.74) is 6.15. The lowest BCUT2D eigenvalue weighted by Crippen LogP contribution is -2.25. The number of nitrogens with zero attached hydrogens (tertiary/aromatic N) is 2. The van der Waals surface area contributed by atoms with E-state index in [2.05, 4.69) is 41.6 Å². The molecule has 4 nitrogen and oxygen atoms in total. The van der Waals surface area contributed by atoms with Gasteiger partial charge in [0.1, 0.15) is 0 Å². The minimum Gasteiger partial charge on any atom is -0.352 e. The molecule has 0 spiro atoms. The third-order valence-corrected chi connectivity index (χ3v) is 4.20. The van der Waals surface area contributed by atoms with Gasteiger partial charge in [-0.1, -0.05) is 29.8 Å². The van der Waals surface area contributed by atoms with E-state index in [9.17, 15) is 4.79 Å². The van der Waals surface area contributed by atoms with Crippen molar-refractivity contribution in [1.29, 1.82) is 0 Å². The highest BCUT2D eigenvalue weighted by Crippen LogP contribution is 2.13. The number of carbonyl (C=O) groups excluding carboxylic acids is 1. The van der Waals surface area contributed by atoms with Gasteiger partial charge in [0.15, 0.2) is 0 Å². The van der Waals surface area contributed by atoms with Crippen LogP contribution in [0.4, 0.5) is 0 Å². The van der Waals surface area contributed by atoms with Crippen LogP contribution in [-0.2, 0) is 6.42 Å². The Morgan fingerprint density at radius 3 is 2.28 bits per heavy atom. The fraction of sp³-hybridized carbons (Fsp3) is 0.238. The third kappa shape index (κ3) is 4.15. The van der Waals surface area contributed by atoms with Crippen LogP contribution in [0.2, 0.25) is 0 Å². The van der Waals surface area contributed by atoms with Crippen LogP contribution >= 0.6 is 0 Å². The Bertz CT molecular complexity index is 861. The Labute approximate surface area is 148 Å². The van der Waals surface area contributed by atoms with Crippen molar-refractivity contribution >= 4 is 5.91 Å². The lowest BCUT2D eigenvalue weighted by Gasteiger charge is -2.08. The van der Waals surface area contributed by atoms with Crippen molar-refractivity contribution in [3.63, 3.8) is 0 Å². The van der Waals surface area contributed by atoms with Crippen molar-refractivity contribution in [3.05, 3.63) is 82.7 Å². The van der Waals surface area contributed by atoms with Crippen LogP contribution in [0, 0.1) is 20.8 Å². The molecule has 1 heterocycles. The fourth-order valence-corrected chi connectivity index (χ4v) is 2.82. The summed E-state index contributed by atoms with van der Waals surface area (Å²) >= 11 is 0. The number of nitrogens with one attached hydrogen (secondary N) is 1. The molecule has 0 saturated heterocycles. The van der Waals surface area contributed by atoms with Gasteiger partial charge in [0.2, 0.25) is 0 Å². The predicted octanol–water partition coefficient (Wildman–Crippen LogP) is 3.77. The average molecular weight is 333 g/mol. The normalized spacial score (nSPS) is 10.7. The average Bonchev–Trinajstić information content (AvgIpc) is 2.95. The van der Waals surface area contributed by atoms with Crippen molar-refractivity contribution in [1.82, 2.24) is 15.1 Å². The molecule has 0 bridgehead atoms. The van der Waals surface area contributed by atoms with E-state index in [0.717, 1.165) is 23.5 Å². The highest BCUT2D eigenvalue weighted by atomic mass is 16.1. The Kier molecular flexibility index (Phi) is 4.98. The number of rotatable bonds is 5. The number of aryl methyl sites for hydroxylation is 3. The molecular formula is C21H23N3O. The van der Waals surface area contributed by atoms with E-state index >= 15 is 0 Å². The van der Waals surface area contributed by atoms with Gasteiger partial charge in [0, 0.05) is 17.8 Å². The van der Waals surface area contributed by atoms with Gasteiger partial charge in [0.05, 0.1) is 11.4 Å². The lowest BCUT2D eigenvalue weighted by atomic mass is 10.1. The molecule has 0 aliphatic rings. The first kappa shape index (κ1) is 17.0. The molecule has 0 aliphatic heterocycles. The second-order valence-electron chi connectivity index (χ2n) is 6.38. The maximum absolute atomic E-state index is 12.3. The number of benzene rings is 2.